The molecule has 1 aromatic rings. The first-order valence-electron chi connectivity index (χ1n) is 9.97. The molecule has 0 bridgehead atoms. The molecule has 1 atom stereocenters. The summed E-state index contributed by atoms with van der Waals surface area (Å²) in [6, 6.07) is 8.57. The molecule has 0 spiro atoms. The van der Waals surface area contributed by atoms with Crippen LogP contribution in [0.5, 0.6) is 0 Å². The maximum atomic E-state index is 13.2. The monoisotopic (exact) mass is 352 g/mol. The van der Waals surface area contributed by atoms with Gasteiger partial charge in [-0.25, -0.2) is 0 Å². The number of carbonyl (C=O) groups is 2. The molecule has 0 radical (unpaired) electrons. The van der Waals surface area contributed by atoms with Crippen LogP contribution in [-0.4, -0.2) is 22.8 Å². The van der Waals surface area contributed by atoms with Crippen LogP contribution in [0.25, 0.3) is 0 Å². The number of allylic oxidation sites excluding steroid dienone is 1. The molecule has 0 aromatic heterocycles. The molecule has 1 unspecified atom stereocenters. The molecule has 4 heteroatoms. The molecule has 4 rings (SSSR count). The summed E-state index contributed by atoms with van der Waals surface area (Å²) in [5, 5.41) is 3.16. The topological polar surface area (TPSA) is 49.4 Å². The largest absolute Gasteiger partial charge is 0.351 e. The van der Waals surface area contributed by atoms with Gasteiger partial charge in [0.15, 0.2) is 0 Å². The van der Waals surface area contributed by atoms with Crippen molar-refractivity contribution in [2.45, 2.75) is 70.9 Å². The minimum Gasteiger partial charge on any atom is -0.351 e. The average molecular weight is 352 g/mol. The molecule has 1 saturated heterocycles. The first-order chi connectivity index (χ1) is 12.6. The van der Waals surface area contributed by atoms with E-state index >= 15 is 0 Å². The number of hydrogen-bond donors (Lipinski definition) is 1. The zero-order valence-electron chi connectivity index (χ0n) is 15.6. The number of nitrogens with one attached hydrogen (secondary N) is 1. The fourth-order valence-electron chi connectivity index (χ4n) is 4.90. The average Bonchev–Trinajstić information content (AvgIpc) is 3.31. The van der Waals surface area contributed by atoms with Crippen molar-refractivity contribution in [1.29, 1.82) is 0 Å². The van der Waals surface area contributed by atoms with E-state index in [0.717, 1.165) is 36.9 Å². The van der Waals surface area contributed by atoms with Crippen LogP contribution in [0.1, 0.15) is 62.5 Å². The van der Waals surface area contributed by atoms with Gasteiger partial charge in [0.05, 0.1) is 5.41 Å². The summed E-state index contributed by atoms with van der Waals surface area (Å²) in [5.74, 6) is 0.310. The van der Waals surface area contributed by atoms with Gasteiger partial charge < -0.3 is 10.2 Å². The Morgan fingerprint density at radius 2 is 1.92 bits per heavy atom. The van der Waals surface area contributed by atoms with Crippen molar-refractivity contribution < 1.29 is 9.59 Å². The highest BCUT2D eigenvalue weighted by molar-refractivity contribution is 5.91. The second kappa shape index (κ2) is 6.90. The Balaban J connectivity index is 1.52. The number of benzene rings is 1. The number of rotatable bonds is 4. The van der Waals surface area contributed by atoms with Crippen LogP contribution >= 0.6 is 0 Å². The van der Waals surface area contributed by atoms with Gasteiger partial charge in [-0.05, 0) is 44.6 Å². The summed E-state index contributed by atoms with van der Waals surface area (Å²) < 4.78 is 0. The van der Waals surface area contributed by atoms with Gasteiger partial charge in [0, 0.05) is 24.7 Å². The molecule has 2 fully saturated rings. The molecule has 26 heavy (non-hydrogen) atoms. The summed E-state index contributed by atoms with van der Waals surface area (Å²) in [6.07, 6.45) is 9.55. The van der Waals surface area contributed by atoms with Gasteiger partial charge in [0.2, 0.25) is 11.8 Å². The SMILES string of the molecule is Cc1ccc(CNC(=O)C23CCC=C2N(C2CCCC2)C(=O)CC3)cc1. The molecule has 1 N–H and O–H groups in total. The van der Waals surface area contributed by atoms with Gasteiger partial charge in [-0.3, -0.25) is 9.59 Å². The highest BCUT2D eigenvalue weighted by Crippen LogP contribution is 2.50. The van der Waals surface area contributed by atoms with E-state index in [0.29, 0.717) is 25.4 Å². The van der Waals surface area contributed by atoms with E-state index in [9.17, 15) is 9.59 Å². The van der Waals surface area contributed by atoms with E-state index in [4.69, 9.17) is 0 Å². The highest BCUT2D eigenvalue weighted by Gasteiger charge is 2.52. The number of hydrogen-bond acceptors (Lipinski definition) is 2. The Labute approximate surface area is 155 Å². The van der Waals surface area contributed by atoms with Crippen molar-refractivity contribution in [2.75, 3.05) is 0 Å². The number of carbonyl (C=O) groups excluding carboxylic acids is 2. The molecular weight excluding hydrogens is 324 g/mol. The quantitative estimate of drug-likeness (QED) is 0.895. The first-order valence-corrected chi connectivity index (χ1v) is 9.97. The normalized spacial score (nSPS) is 26.0. The number of aryl methyl sites for hydroxylation is 1. The number of nitrogens with zero attached hydrogens (tertiary/aromatic N) is 1. The summed E-state index contributed by atoms with van der Waals surface area (Å²) in [6.45, 7) is 2.61. The summed E-state index contributed by atoms with van der Waals surface area (Å²) in [4.78, 5) is 27.9. The minimum atomic E-state index is -0.499. The van der Waals surface area contributed by atoms with Crippen LogP contribution in [0.4, 0.5) is 0 Å². The summed E-state index contributed by atoms with van der Waals surface area (Å²) in [7, 11) is 0. The maximum absolute atomic E-state index is 13.2. The molecular formula is C22H28N2O2. The van der Waals surface area contributed by atoms with Crippen LogP contribution in [0.2, 0.25) is 0 Å². The number of fused-ring (bicyclic) bond motifs is 1. The Morgan fingerprint density at radius 1 is 1.19 bits per heavy atom. The molecule has 2 aliphatic carbocycles. The molecule has 138 valence electrons. The van der Waals surface area contributed by atoms with Crippen molar-refractivity contribution >= 4 is 11.8 Å². The Morgan fingerprint density at radius 3 is 2.65 bits per heavy atom. The van der Waals surface area contributed by atoms with Gasteiger partial charge in [0.25, 0.3) is 0 Å². The lowest BCUT2D eigenvalue weighted by molar-refractivity contribution is -0.141. The van der Waals surface area contributed by atoms with Crippen LogP contribution in [0.3, 0.4) is 0 Å². The third-order valence-electron chi connectivity index (χ3n) is 6.39. The molecule has 1 saturated carbocycles. The van der Waals surface area contributed by atoms with Gasteiger partial charge in [-0.2, -0.15) is 0 Å². The first kappa shape index (κ1) is 17.3. The third-order valence-corrected chi connectivity index (χ3v) is 6.39. The number of piperidine rings is 1. The fraction of sp³-hybridized carbons (Fsp3) is 0.545. The Bertz CT molecular complexity index is 731. The van der Waals surface area contributed by atoms with E-state index in [1.807, 2.05) is 4.90 Å². The second-order valence-corrected chi connectivity index (χ2v) is 8.08. The predicted molar refractivity (Wildman–Crippen MR) is 101 cm³/mol. The third kappa shape index (κ3) is 2.95. The number of likely N-dealkylation sites (tertiary alicyclic amines) is 1. The van der Waals surface area contributed by atoms with Crippen molar-refractivity contribution in [3.05, 3.63) is 47.2 Å². The Hall–Kier alpha value is -2.10. The Kier molecular flexibility index (Phi) is 4.60. The van der Waals surface area contributed by atoms with E-state index < -0.39 is 5.41 Å². The van der Waals surface area contributed by atoms with Crippen molar-refractivity contribution in [3.63, 3.8) is 0 Å². The zero-order chi connectivity index (χ0) is 18.1. The van der Waals surface area contributed by atoms with Crippen LogP contribution in [0.15, 0.2) is 36.0 Å². The van der Waals surface area contributed by atoms with Crippen molar-refractivity contribution in [1.82, 2.24) is 10.2 Å². The number of amides is 2. The van der Waals surface area contributed by atoms with Crippen LogP contribution < -0.4 is 5.32 Å². The van der Waals surface area contributed by atoms with E-state index in [2.05, 4.69) is 42.6 Å². The van der Waals surface area contributed by atoms with Gasteiger partial charge >= 0.3 is 0 Å². The van der Waals surface area contributed by atoms with Gasteiger partial charge in [-0.1, -0.05) is 48.7 Å². The van der Waals surface area contributed by atoms with Crippen molar-refractivity contribution in [3.8, 4) is 0 Å². The van der Waals surface area contributed by atoms with Crippen LogP contribution in [0, 0.1) is 12.3 Å². The van der Waals surface area contributed by atoms with Gasteiger partial charge in [-0.15, -0.1) is 0 Å². The lowest BCUT2D eigenvalue weighted by Gasteiger charge is -2.44. The van der Waals surface area contributed by atoms with E-state index in [1.54, 1.807) is 0 Å². The van der Waals surface area contributed by atoms with Crippen molar-refractivity contribution in [2.24, 2.45) is 5.41 Å². The molecule has 1 aliphatic heterocycles. The lowest BCUT2D eigenvalue weighted by atomic mass is 9.75. The molecule has 4 nitrogen and oxygen atoms in total. The fourth-order valence-corrected chi connectivity index (χ4v) is 4.90. The zero-order valence-corrected chi connectivity index (χ0v) is 15.6. The molecule has 1 aromatic carbocycles. The standard InChI is InChI=1S/C22H28N2O2/c1-16-8-10-17(11-9-16)15-23-21(26)22-13-4-7-19(22)24(20(25)12-14-22)18-5-2-3-6-18/h7-11,18H,2-6,12-15H2,1H3,(H,23,26). The summed E-state index contributed by atoms with van der Waals surface area (Å²) in [5.41, 5.74) is 2.84. The smallest absolute Gasteiger partial charge is 0.232 e. The second-order valence-electron chi connectivity index (χ2n) is 8.08. The van der Waals surface area contributed by atoms with Crippen LogP contribution in [-0.2, 0) is 16.1 Å². The molecule has 2 amide bonds. The highest BCUT2D eigenvalue weighted by atomic mass is 16.2. The molecule has 1 heterocycles. The summed E-state index contributed by atoms with van der Waals surface area (Å²) >= 11 is 0. The van der Waals surface area contributed by atoms with E-state index in [1.165, 1.54) is 18.4 Å². The predicted octanol–water partition coefficient (Wildman–Crippen LogP) is 3.84. The van der Waals surface area contributed by atoms with Gasteiger partial charge in [0.1, 0.15) is 0 Å². The lowest BCUT2D eigenvalue weighted by Crippen LogP contribution is -2.52. The molecule has 3 aliphatic rings. The van der Waals surface area contributed by atoms with E-state index in [-0.39, 0.29) is 11.8 Å². The maximum Gasteiger partial charge on any atom is 0.232 e. The minimum absolute atomic E-state index is 0.0947.